The van der Waals surface area contributed by atoms with Gasteiger partial charge in [-0.15, -0.1) is 0 Å². The van der Waals surface area contributed by atoms with Gasteiger partial charge in [-0.1, -0.05) is 31.5 Å². The first-order chi connectivity index (χ1) is 14.3. The second-order valence-corrected chi connectivity index (χ2v) is 7.11. The lowest BCUT2D eigenvalue weighted by Crippen LogP contribution is -2.50. The van der Waals surface area contributed by atoms with Crippen molar-refractivity contribution in [2.75, 3.05) is 25.2 Å². The van der Waals surface area contributed by atoms with Gasteiger partial charge in [-0.05, 0) is 26.3 Å². The molecule has 0 fully saturated rings. The Labute approximate surface area is 175 Å². The van der Waals surface area contributed by atoms with Crippen LogP contribution in [0.3, 0.4) is 0 Å². The van der Waals surface area contributed by atoms with E-state index >= 15 is 0 Å². The molecule has 160 valence electrons. The Morgan fingerprint density at radius 1 is 1.13 bits per heavy atom. The van der Waals surface area contributed by atoms with Gasteiger partial charge in [0, 0.05) is 18.3 Å². The van der Waals surface area contributed by atoms with Gasteiger partial charge in [-0.25, -0.2) is 9.59 Å². The van der Waals surface area contributed by atoms with E-state index in [-0.39, 0.29) is 36.0 Å². The summed E-state index contributed by atoms with van der Waals surface area (Å²) < 4.78 is 16.2. The van der Waals surface area contributed by atoms with Gasteiger partial charge in [0.1, 0.15) is 22.3 Å². The molecular formula is C22H26N2O6. The van der Waals surface area contributed by atoms with E-state index in [1.807, 2.05) is 6.92 Å². The van der Waals surface area contributed by atoms with Crippen molar-refractivity contribution in [2.24, 2.45) is 5.73 Å². The number of unbranched alkanes of at least 4 members (excludes halogenated alkanes) is 1. The third-order valence-corrected chi connectivity index (χ3v) is 5.32. The summed E-state index contributed by atoms with van der Waals surface area (Å²) >= 11 is 0. The van der Waals surface area contributed by atoms with Crippen LogP contribution in [0.4, 0.5) is 5.69 Å². The predicted octanol–water partition coefficient (Wildman–Crippen LogP) is 2.28. The Hall–Kier alpha value is -3.29. The molecule has 2 aliphatic rings. The van der Waals surface area contributed by atoms with Crippen molar-refractivity contribution in [3.05, 3.63) is 52.6 Å². The number of ether oxygens (including phenoxy) is 3. The predicted molar refractivity (Wildman–Crippen MR) is 109 cm³/mol. The van der Waals surface area contributed by atoms with E-state index in [4.69, 9.17) is 19.9 Å². The maximum absolute atomic E-state index is 13.7. The van der Waals surface area contributed by atoms with Gasteiger partial charge < -0.3 is 24.8 Å². The number of likely N-dealkylation sites (N-methyl/N-ethyl adjacent to an activating group) is 1. The maximum atomic E-state index is 13.7. The molecule has 2 N–H and O–H groups in total. The average Bonchev–Trinajstić information content (AvgIpc) is 2.91. The third-order valence-electron chi connectivity index (χ3n) is 5.32. The summed E-state index contributed by atoms with van der Waals surface area (Å²) in [4.78, 5) is 41.3. The Balaban J connectivity index is 2.30. The summed E-state index contributed by atoms with van der Waals surface area (Å²) in [6, 6.07) is 6.94. The lowest BCUT2D eigenvalue weighted by Gasteiger charge is -2.36. The maximum Gasteiger partial charge on any atom is 0.341 e. The highest BCUT2D eigenvalue weighted by atomic mass is 16.5. The van der Waals surface area contributed by atoms with E-state index in [9.17, 15) is 14.4 Å². The van der Waals surface area contributed by atoms with Gasteiger partial charge in [0.05, 0.1) is 13.2 Å². The molecule has 1 atom stereocenters. The van der Waals surface area contributed by atoms with Gasteiger partial charge >= 0.3 is 11.9 Å². The molecule has 8 heteroatoms. The number of allylic oxidation sites excluding steroid dienone is 1. The van der Waals surface area contributed by atoms with Gasteiger partial charge in [0.2, 0.25) is 11.8 Å². The molecule has 0 saturated heterocycles. The molecular weight excluding hydrogens is 388 g/mol. The van der Waals surface area contributed by atoms with Gasteiger partial charge in [-0.2, -0.15) is 0 Å². The standard InChI is InChI=1S/C22H26N2O6/c1-5-7-12-29-20(26)17-18(23)30-13(3)16(19(25)28-6-2)22(17)14-10-8-9-11-15(14)24(4)21(22)27/h8-11H,5-7,12,23H2,1-4H3/t22-/m0/s1. The van der Waals surface area contributed by atoms with Crippen molar-refractivity contribution in [2.45, 2.75) is 39.0 Å². The molecule has 0 bridgehead atoms. The molecule has 0 aliphatic carbocycles. The highest BCUT2D eigenvalue weighted by Crippen LogP contribution is 2.54. The molecule has 1 spiro atoms. The monoisotopic (exact) mass is 414 g/mol. The van der Waals surface area contributed by atoms with E-state index < -0.39 is 23.3 Å². The lowest BCUT2D eigenvalue weighted by molar-refractivity contribution is -0.143. The molecule has 0 aromatic heterocycles. The van der Waals surface area contributed by atoms with E-state index in [2.05, 4.69) is 0 Å². The zero-order chi connectivity index (χ0) is 22.1. The van der Waals surface area contributed by atoms with Crippen LogP contribution >= 0.6 is 0 Å². The minimum absolute atomic E-state index is 0.0669. The highest BCUT2D eigenvalue weighted by Gasteiger charge is 2.63. The first-order valence-corrected chi connectivity index (χ1v) is 9.93. The zero-order valence-electron chi connectivity index (χ0n) is 17.6. The third kappa shape index (κ3) is 3.03. The fourth-order valence-electron chi connectivity index (χ4n) is 4.02. The smallest absolute Gasteiger partial charge is 0.341 e. The van der Waals surface area contributed by atoms with Crippen molar-refractivity contribution < 1.29 is 28.6 Å². The SMILES string of the molecule is CCCCOC(=O)C1=C(N)OC(C)=C(C(=O)OCC)[C@]12C(=O)N(C)c1ccccc12. The number of esters is 2. The van der Waals surface area contributed by atoms with Crippen molar-refractivity contribution in [3.63, 3.8) is 0 Å². The summed E-state index contributed by atoms with van der Waals surface area (Å²) in [5, 5.41) is 0. The normalized spacial score (nSPS) is 20.4. The highest BCUT2D eigenvalue weighted by molar-refractivity contribution is 6.22. The number of amides is 1. The number of hydrogen-bond donors (Lipinski definition) is 1. The first-order valence-electron chi connectivity index (χ1n) is 9.93. The molecule has 0 unspecified atom stereocenters. The summed E-state index contributed by atoms with van der Waals surface area (Å²) in [5.74, 6) is -2.21. The number of rotatable bonds is 6. The minimum atomic E-state index is -1.80. The van der Waals surface area contributed by atoms with E-state index in [0.29, 0.717) is 17.7 Å². The van der Waals surface area contributed by atoms with Crippen LogP contribution in [0.15, 0.2) is 47.1 Å². The number of nitrogens with two attached hydrogens (primary N) is 1. The molecule has 1 aromatic rings. The fourth-order valence-corrected chi connectivity index (χ4v) is 4.02. The van der Waals surface area contributed by atoms with Gasteiger partial charge in [-0.3, -0.25) is 4.79 Å². The van der Waals surface area contributed by atoms with Crippen LogP contribution in [0.2, 0.25) is 0 Å². The number of benzene rings is 1. The number of carbonyl (C=O) groups excluding carboxylic acids is 3. The summed E-state index contributed by atoms with van der Waals surface area (Å²) in [7, 11) is 1.58. The van der Waals surface area contributed by atoms with Crippen LogP contribution in [-0.2, 0) is 34.0 Å². The number of hydrogen-bond acceptors (Lipinski definition) is 7. The molecule has 3 rings (SSSR count). The fraction of sp³-hybridized carbons (Fsp3) is 0.409. The molecule has 8 nitrogen and oxygen atoms in total. The summed E-state index contributed by atoms with van der Waals surface area (Å²) in [6.45, 7) is 5.39. The Bertz CT molecular complexity index is 964. The number of fused-ring (bicyclic) bond motifs is 2. The number of anilines is 1. The molecule has 2 aliphatic heterocycles. The summed E-state index contributed by atoms with van der Waals surface area (Å²) in [5.41, 5.74) is 5.08. The van der Waals surface area contributed by atoms with Crippen molar-refractivity contribution in [1.82, 2.24) is 0 Å². The average molecular weight is 414 g/mol. The van der Waals surface area contributed by atoms with Crippen LogP contribution < -0.4 is 10.6 Å². The molecule has 30 heavy (non-hydrogen) atoms. The first kappa shape index (κ1) is 21.4. The Kier molecular flexibility index (Phi) is 5.87. The van der Waals surface area contributed by atoms with E-state index in [0.717, 1.165) is 6.42 Å². The number of para-hydroxylation sites is 1. The van der Waals surface area contributed by atoms with Crippen LogP contribution in [0.25, 0.3) is 0 Å². The Morgan fingerprint density at radius 3 is 2.47 bits per heavy atom. The van der Waals surface area contributed by atoms with Crippen molar-refractivity contribution in [1.29, 1.82) is 0 Å². The summed E-state index contributed by atoms with van der Waals surface area (Å²) in [6.07, 6.45) is 1.47. The largest absolute Gasteiger partial charge is 0.462 e. The van der Waals surface area contributed by atoms with Gasteiger partial charge in [0.25, 0.3) is 0 Å². The Morgan fingerprint density at radius 2 is 1.80 bits per heavy atom. The second-order valence-electron chi connectivity index (χ2n) is 7.11. The van der Waals surface area contributed by atoms with E-state index in [1.54, 1.807) is 38.2 Å². The quantitative estimate of drug-likeness (QED) is 0.562. The second kappa shape index (κ2) is 8.22. The van der Waals surface area contributed by atoms with Crippen molar-refractivity contribution >= 4 is 23.5 Å². The van der Waals surface area contributed by atoms with Crippen LogP contribution in [-0.4, -0.2) is 38.1 Å². The molecule has 1 aromatic carbocycles. The van der Waals surface area contributed by atoms with Crippen LogP contribution in [0.1, 0.15) is 39.2 Å². The molecule has 0 radical (unpaired) electrons. The molecule has 0 saturated carbocycles. The number of carbonyl (C=O) groups is 3. The number of nitrogens with zero attached hydrogens (tertiary/aromatic N) is 1. The van der Waals surface area contributed by atoms with Crippen molar-refractivity contribution in [3.8, 4) is 0 Å². The molecule has 1 amide bonds. The zero-order valence-corrected chi connectivity index (χ0v) is 17.6. The van der Waals surface area contributed by atoms with Gasteiger partial charge in [0.15, 0.2) is 0 Å². The van der Waals surface area contributed by atoms with Crippen LogP contribution in [0, 0.1) is 0 Å². The molecule has 2 heterocycles. The minimum Gasteiger partial charge on any atom is -0.462 e. The van der Waals surface area contributed by atoms with E-state index in [1.165, 1.54) is 11.8 Å². The lowest BCUT2D eigenvalue weighted by atomic mass is 9.67. The topological polar surface area (TPSA) is 108 Å². The van der Waals surface area contributed by atoms with Crippen LogP contribution in [0.5, 0.6) is 0 Å².